The van der Waals surface area contributed by atoms with Crippen molar-refractivity contribution in [1.29, 1.82) is 0 Å². The molecule has 6 heteroatoms. The average molecular weight is 386 g/mol. The molecule has 3 aromatic carbocycles. The van der Waals surface area contributed by atoms with Crippen molar-refractivity contribution in [2.45, 2.75) is 18.5 Å². The minimum atomic E-state index is -0.289. The van der Waals surface area contributed by atoms with Gasteiger partial charge in [0.05, 0.1) is 23.4 Å². The van der Waals surface area contributed by atoms with Crippen LogP contribution in [0.5, 0.6) is 0 Å². The summed E-state index contributed by atoms with van der Waals surface area (Å²) in [5.41, 5.74) is 9.80. The fourth-order valence-electron chi connectivity index (χ4n) is 4.07. The molecule has 1 fully saturated rings. The first-order valence-corrected chi connectivity index (χ1v) is 9.48. The second kappa shape index (κ2) is 6.83. The number of halogens is 1. The van der Waals surface area contributed by atoms with Gasteiger partial charge < -0.3 is 10.6 Å². The third kappa shape index (κ3) is 2.98. The molecule has 2 atom stereocenters. The van der Waals surface area contributed by atoms with Gasteiger partial charge in [0.1, 0.15) is 5.82 Å². The van der Waals surface area contributed by atoms with Crippen molar-refractivity contribution >= 4 is 22.5 Å². The lowest BCUT2D eigenvalue weighted by atomic mass is 10.0. The van der Waals surface area contributed by atoms with Gasteiger partial charge in [0.25, 0.3) is 0 Å². The third-order valence-corrected chi connectivity index (χ3v) is 5.40. The fourth-order valence-corrected chi connectivity index (χ4v) is 4.07. The number of hydrogen-bond donors (Lipinski definition) is 1. The van der Waals surface area contributed by atoms with E-state index >= 15 is 0 Å². The number of nitrogens with two attached hydrogens (primary N) is 1. The van der Waals surface area contributed by atoms with Gasteiger partial charge in [0, 0.05) is 23.5 Å². The summed E-state index contributed by atoms with van der Waals surface area (Å²) in [5.74, 6) is -0.278. The maximum Gasteiger partial charge on any atom is 0.229 e. The lowest BCUT2D eigenvalue weighted by molar-refractivity contribution is -0.117. The Labute approximate surface area is 167 Å². The van der Waals surface area contributed by atoms with Crippen molar-refractivity contribution in [2.75, 3.05) is 4.90 Å². The standard InChI is InChI=1S/C23H19FN4O/c24-17-6-8-18(9-7-17)28-21-11-10-19(12-16(21)14-26-28)27-22(29)13-20(25)23(27)15-4-2-1-3-5-15/h1-12,14,20,23H,13,25H2/t20-,23+/m1/s1. The quantitative estimate of drug-likeness (QED) is 0.579. The van der Waals surface area contributed by atoms with Crippen LogP contribution in [0.15, 0.2) is 79.0 Å². The Morgan fingerprint density at radius 3 is 2.45 bits per heavy atom. The van der Waals surface area contributed by atoms with E-state index in [4.69, 9.17) is 5.73 Å². The van der Waals surface area contributed by atoms with Gasteiger partial charge in [-0.1, -0.05) is 30.3 Å². The molecule has 1 aliphatic rings. The van der Waals surface area contributed by atoms with Gasteiger partial charge in [0.15, 0.2) is 0 Å². The van der Waals surface area contributed by atoms with Crippen LogP contribution in [0.4, 0.5) is 10.1 Å². The summed E-state index contributed by atoms with van der Waals surface area (Å²) in [5, 5.41) is 5.34. The molecule has 144 valence electrons. The summed E-state index contributed by atoms with van der Waals surface area (Å²) >= 11 is 0. The highest BCUT2D eigenvalue weighted by atomic mass is 19.1. The van der Waals surface area contributed by atoms with E-state index in [1.54, 1.807) is 27.9 Å². The maximum atomic E-state index is 13.2. The van der Waals surface area contributed by atoms with Crippen molar-refractivity contribution in [3.05, 3.63) is 90.4 Å². The van der Waals surface area contributed by atoms with Crippen LogP contribution in [0.3, 0.4) is 0 Å². The van der Waals surface area contributed by atoms with Gasteiger partial charge in [-0.2, -0.15) is 5.10 Å². The highest BCUT2D eigenvalue weighted by Crippen LogP contribution is 2.37. The van der Waals surface area contributed by atoms with Gasteiger partial charge >= 0.3 is 0 Å². The molecule has 5 nitrogen and oxygen atoms in total. The van der Waals surface area contributed by atoms with E-state index in [0.29, 0.717) is 6.42 Å². The van der Waals surface area contributed by atoms with Crippen LogP contribution < -0.4 is 10.6 Å². The summed E-state index contributed by atoms with van der Waals surface area (Å²) in [7, 11) is 0. The Morgan fingerprint density at radius 2 is 1.69 bits per heavy atom. The van der Waals surface area contributed by atoms with Crippen molar-refractivity contribution in [3.8, 4) is 5.69 Å². The number of carbonyl (C=O) groups is 1. The minimum absolute atomic E-state index is 0.0108. The Balaban J connectivity index is 1.56. The zero-order valence-corrected chi connectivity index (χ0v) is 15.6. The van der Waals surface area contributed by atoms with E-state index in [9.17, 15) is 9.18 Å². The number of nitrogens with zero attached hydrogens (tertiary/aromatic N) is 3. The summed E-state index contributed by atoms with van der Waals surface area (Å²) in [6.07, 6.45) is 2.06. The molecule has 0 radical (unpaired) electrons. The number of rotatable bonds is 3. The van der Waals surface area contributed by atoms with Gasteiger partial charge in [-0.25, -0.2) is 9.07 Å². The Kier molecular flexibility index (Phi) is 4.14. The van der Waals surface area contributed by atoms with Crippen LogP contribution >= 0.6 is 0 Å². The number of benzene rings is 3. The molecule has 0 aliphatic carbocycles. The summed E-state index contributed by atoms with van der Waals surface area (Å²) < 4.78 is 15.0. The van der Waals surface area contributed by atoms with Crippen LogP contribution in [0.1, 0.15) is 18.0 Å². The molecule has 1 aliphatic heterocycles. The van der Waals surface area contributed by atoms with Gasteiger partial charge in [0.2, 0.25) is 5.91 Å². The molecule has 4 aromatic rings. The van der Waals surface area contributed by atoms with Gasteiger partial charge in [-0.3, -0.25) is 4.79 Å². The average Bonchev–Trinajstić information content (AvgIpc) is 3.28. The van der Waals surface area contributed by atoms with E-state index in [0.717, 1.165) is 27.8 Å². The fraction of sp³-hybridized carbons (Fsp3) is 0.130. The van der Waals surface area contributed by atoms with E-state index in [1.807, 2.05) is 48.5 Å². The molecule has 0 unspecified atom stereocenters. The first kappa shape index (κ1) is 17.6. The van der Waals surface area contributed by atoms with Crippen LogP contribution in [0, 0.1) is 5.82 Å². The van der Waals surface area contributed by atoms with E-state index in [2.05, 4.69) is 5.10 Å². The lowest BCUT2D eigenvalue weighted by Gasteiger charge is -2.27. The maximum absolute atomic E-state index is 13.2. The van der Waals surface area contributed by atoms with E-state index < -0.39 is 0 Å². The van der Waals surface area contributed by atoms with Crippen molar-refractivity contribution < 1.29 is 9.18 Å². The summed E-state index contributed by atoms with van der Waals surface area (Å²) in [6.45, 7) is 0. The molecule has 0 spiro atoms. The molecule has 0 bridgehead atoms. The zero-order valence-electron chi connectivity index (χ0n) is 15.6. The predicted molar refractivity (Wildman–Crippen MR) is 110 cm³/mol. The van der Waals surface area contributed by atoms with Crippen molar-refractivity contribution in [1.82, 2.24) is 9.78 Å². The predicted octanol–water partition coefficient (Wildman–Crippen LogP) is 3.97. The normalized spacial score (nSPS) is 19.2. The number of amides is 1. The Morgan fingerprint density at radius 1 is 0.966 bits per heavy atom. The number of fused-ring (bicyclic) bond motifs is 1. The van der Waals surface area contributed by atoms with Gasteiger partial charge in [-0.15, -0.1) is 0 Å². The number of hydrogen-bond acceptors (Lipinski definition) is 3. The Hall–Kier alpha value is -3.51. The minimum Gasteiger partial charge on any atom is -0.325 e. The molecule has 1 amide bonds. The number of carbonyl (C=O) groups excluding carboxylic acids is 1. The lowest BCUT2D eigenvalue weighted by Crippen LogP contribution is -2.33. The van der Waals surface area contributed by atoms with Crippen LogP contribution in [-0.4, -0.2) is 21.7 Å². The highest BCUT2D eigenvalue weighted by molar-refractivity contribution is 5.99. The Bertz CT molecular complexity index is 1190. The van der Waals surface area contributed by atoms with Crippen LogP contribution in [-0.2, 0) is 4.79 Å². The zero-order chi connectivity index (χ0) is 20.0. The largest absolute Gasteiger partial charge is 0.325 e. The molecule has 1 aromatic heterocycles. The highest BCUT2D eigenvalue weighted by Gasteiger charge is 2.39. The third-order valence-electron chi connectivity index (χ3n) is 5.40. The second-order valence-electron chi connectivity index (χ2n) is 7.26. The number of anilines is 1. The molecule has 2 N–H and O–H groups in total. The van der Waals surface area contributed by atoms with Crippen molar-refractivity contribution in [2.24, 2.45) is 5.73 Å². The SMILES string of the molecule is N[C@@H]1CC(=O)N(c2ccc3c(cnn3-c3ccc(F)cc3)c2)[C@H]1c1ccccc1. The topological polar surface area (TPSA) is 64.2 Å². The van der Waals surface area contributed by atoms with Crippen LogP contribution in [0.25, 0.3) is 16.6 Å². The molecule has 1 saturated heterocycles. The molecule has 29 heavy (non-hydrogen) atoms. The molecule has 2 heterocycles. The molecule has 5 rings (SSSR count). The molecular formula is C23H19FN4O. The first-order valence-electron chi connectivity index (χ1n) is 9.48. The molecular weight excluding hydrogens is 367 g/mol. The van der Waals surface area contributed by atoms with Crippen LogP contribution in [0.2, 0.25) is 0 Å². The number of aromatic nitrogens is 2. The van der Waals surface area contributed by atoms with Crippen molar-refractivity contribution in [3.63, 3.8) is 0 Å². The smallest absolute Gasteiger partial charge is 0.229 e. The second-order valence-corrected chi connectivity index (χ2v) is 7.26. The summed E-state index contributed by atoms with van der Waals surface area (Å²) in [4.78, 5) is 14.5. The van der Waals surface area contributed by atoms with E-state index in [1.165, 1.54) is 12.1 Å². The monoisotopic (exact) mass is 386 g/mol. The molecule has 0 saturated carbocycles. The summed E-state index contributed by atoms with van der Waals surface area (Å²) in [6, 6.07) is 21.4. The van der Waals surface area contributed by atoms with Gasteiger partial charge in [-0.05, 0) is 48.0 Å². The first-order chi connectivity index (χ1) is 14.1. The van der Waals surface area contributed by atoms with E-state index in [-0.39, 0.29) is 23.8 Å².